The van der Waals surface area contributed by atoms with Gasteiger partial charge in [-0.2, -0.15) is 0 Å². The molecule has 1 atom stereocenters. The third-order valence-electron chi connectivity index (χ3n) is 3.63. The van der Waals surface area contributed by atoms with Crippen LogP contribution in [0.25, 0.3) is 0 Å². The maximum Gasteiger partial charge on any atom is 0.251 e. The molecule has 1 amide bonds. The Balaban J connectivity index is 0.00000264. The van der Waals surface area contributed by atoms with Crippen molar-refractivity contribution in [2.45, 2.75) is 32.2 Å². The van der Waals surface area contributed by atoms with E-state index in [1.807, 2.05) is 0 Å². The fourth-order valence-corrected chi connectivity index (χ4v) is 2.62. The molecule has 1 aromatic carbocycles. The molecular weight excluding hydrogens is 339 g/mol. The molecule has 0 bridgehead atoms. The molecule has 1 unspecified atom stereocenters. The number of hydrogen-bond donors (Lipinski definition) is 2. The molecule has 1 fully saturated rings. The quantitative estimate of drug-likeness (QED) is 0.731. The number of rotatable bonds is 7. The predicted molar refractivity (Wildman–Crippen MR) is 94.4 cm³/mol. The molecule has 1 saturated heterocycles. The van der Waals surface area contributed by atoms with Gasteiger partial charge in [0.15, 0.2) is 11.5 Å². The summed E-state index contributed by atoms with van der Waals surface area (Å²) < 4.78 is 11.0. The fourth-order valence-electron chi connectivity index (χ4n) is 2.36. The summed E-state index contributed by atoms with van der Waals surface area (Å²) in [5.41, 5.74) is 0.483. The maximum absolute atomic E-state index is 12.3. The van der Waals surface area contributed by atoms with Gasteiger partial charge in [0.2, 0.25) is 0 Å². The van der Waals surface area contributed by atoms with Crippen LogP contribution >= 0.6 is 24.0 Å². The molecule has 130 valence electrons. The van der Waals surface area contributed by atoms with E-state index < -0.39 is 0 Å². The lowest BCUT2D eigenvalue weighted by molar-refractivity contribution is 0.0939. The van der Waals surface area contributed by atoms with E-state index >= 15 is 0 Å². The first-order valence-corrected chi connectivity index (χ1v) is 8.05. The molecule has 0 radical (unpaired) electrons. The van der Waals surface area contributed by atoms with Gasteiger partial charge in [-0.15, -0.1) is 12.4 Å². The van der Waals surface area contributed by atoms with Gasteiger partial charge in [-0.1, -0.05) is 24.9 Å². The summed E-state index contributed by atoms with van der Waals surface area (Å²) in [6.45, 7) is 4.40. The Bertz CT molecular complexity index is 520. The summed E-state index contributed by atoms with van der Waals surface area (Å²) in [6.07, 6.45) is 2.92. The van der Waals surface area contributed by atoms with Gasteiger partial charge in [-0.25, -0.2) is 0 Å². The largest absolute Gasteiger partial charge is 0.493 e. The highest BCUT2D eigenvalue weighted by atomic mass is 35.5. The minimum Gasteiger partial charge on any atom is -0.493 e. The SMILES string of the molecule is CCCCOc1c(Cl)cc(C(=O)NC2CCNC2)cc1OC.Cl. The van der Waals surface area contributed by atoms with Gasteiger partial charge in [0.1, 0.15) is 0 Å². The lowest BCUT2D eigenvalue weighted by Crippen LogP contribution is -2.36. The first-order chi connectivity index (χ1) is 10.7. The number of hydrogen-bond acceptors (Lipinski definition) is 4. The molecule has 2 N–H and O–H groups in total. The summed E-state index contributed by atoms with van der Waals surface area (Å²) in [7, 11) is 1.54. The number of amides is 1. The first-order valence-electron chi connectivity index (χ1n) is 7.67. The Morgan fingerprint density at radius 1 is 1.48 bits per heavy atom. The zero-order chi connectivity index (χ0) is 15.9. The van der Waals surface area contributed by atoms with Crippen molar-refractivity contribution in [3.8, 4) is 11.5 Å². The number of halogens is 2. The molecule has 1 heterocycles. The van der Waals surface area contributed by atoms with Crippen LogP contribution in [0, 0.1) is 0 Å². The fraction of sp³-hybridized carbons (Fsp3) is 0.562. The van der Waals surface area contributed by atoms with Gasteiger partial charge >= 0.3 is 0 Å². The Kier molecular flexibility index (Phi) is 8.52. The van der Waals surface area contributed by atoms with Crippen LogP contribution in [0.5, 0.6) is 11.5 Å². The minimum atomic E-state index is -0.144. The van der Waals surface area contributed by atoms with Crippen molar-refractivity contribution in [1.29, 1.82) is 0 Å². The van der Waals surface area contributed by atoms with Crippen LogP contribution in [0.3, 0.4) is 0 Å². The molecule has 5 nitrogen and oxygen atoms in total. The van der Waals surface area contributed by atoms with Crippen LogP contribution in [-0.4, -0.2) is 38.8 Å². The van der Waals surface area contributed by atoms with Crippen LogP contribution < -0.4 is 20.1 Å². The number of benzene rings is 1. The second-order valence-corrected chi connectivity index (χ2v) is 5.76. The molecule has 1 aliphatic heterocycles. The van der Waals surface area contributed by atoms with Gasteiger partial charge < -0.3 is 20.1 Å². The average molecular weight is 363 g/mol. The van der Waals surface area contributed by atoms with E-state index in [1.165, 1.54) is 0 Å². The summed E-state index contributed by atoms with van der Waals surface area (Å²) in [6, 6.07) is 3.46. The van der Waals surface area contributed by atoms with Gasteiger partial charge in [0.25, 0.3) is 5.91 Å². The van der Waals surface area contributed by atoms with Crippen LogP contribution in [0.1, 0.15) is 36.5 Å². The zero-order valence-corrected chi connectivity index (χ0v) is 15.1. The first kappa shape index (κ1) is 19.9. The Morgan fingerprint density at radius 3 is 2.87 bits per heavy atom. The lowest BCUT2D eigenvalue weighted by Gasteiger charge is -2.15. The smallest absolute Gasteiger partial charge is 0.251 e. The van der Waals surface area contributed by atoms with E-state index in [2.05, 4.69) is 17.6 Å². The lowest BCUT2D eigenvalue weighted by atomic mass is 10.1. The summed E-state index contributed by atoms with van der Waals surface area (Å²) in [4.78, 5) is 12.3. The summed E-state index contributed by atoms with van der Waals surface area (Å²) in [5.74, 6) is 0.837. The molecule has 2 rings (SSSR count). The molecule has 1 aliphatic rings. The monoisotopic (exact) mass is 362 g/mol. The van der Waals surface area contributed by atoms with Crippen molar-refractivity contribution < 1.29 is 14.3 Å². The van der Waals surface area contributed by atoms with E-state index in [4.69, 9.17) is 21.1 Å². The predicted octanol–water partition coefficient (Wildman–Crippen LogP) is 3.04. The molecule has 23 heavy (non-hydrogen) atoms. The van der Waals surface area contributed by atoms with Crippen molar-refractivity contribution >= 4 is 29.9 Å². The van der Waals surface area contributed by atoms with Gasteiger partial charge in [-0.3, -0.25) is 4.79 Å². The van der Waals surface area contributed by atoms with E-state index in [0.29, 0.717) is 28.7 Å². The third-order valence-corrected chi connectivity index (χ3v) is 3.91. The van der Waals surface area contributed by atoms with Crippen LogP contribution in [0.15, 0.2) is 12.1 Å². The second-order valence-electron chi connectivity index (χ2n) is 5.35. The normalized spacial score (nSPS) is 16.6. The van der Waals surface area contributed by atoms with E-state index in [9.17, 15) is 4.79 Å². The standard InChI is InChI=1S/C16H23ClN2O3.ClH/c1-3-4-7-22-15-13(17)8-11(9-14(15)21-2)16(20)19-12-5-6-18-10-12;/h8-9,12,18H,3-7,10H2,1-2H3,(H,19,20);1H. The maximum atomic E-state index is 12.3. The highest BCUT2D eigenvalue weighted by Crippen LogP contribution is 2.36. The van der Waals surface area contributed by atoms with E-state index in [0.717, 1.165) is 32.4 Å². The Morgan fingerprint density at radius 2 is 2.26 bits per heavy atom. The van der Waals surface area contributed by atoms with Crippen molar-refractivity contribution in [1.82, 2.24) is 10.6 Å². The molecule has 7 heteroatoms. The second kappa shape index (κ2) is 9.85. The van der Waals surface area contributed by atoms with Crippen molar-refractivity contribution in [2.75, 3.05) is 26.8 Å². The van der Waals surface area contributed by atoms with Crippen molar-refractivity contribution in [3.05, 3.63) is 22.7 Å². The average Bonchev–Trinajstić information content (AvgIpc) is 3.01. The van der Waals surface area contributed by atoms with Crippen LogP contribution in [0.4, 0.5) is 0 Å². The molecule has 0 aliphatic carbocycles. The van der Waals surface area contributed by atoms with Gasteiger partial charge in [0.05, 0.1) is 18.7 Å². The molecule has 0 saturated carbocycles. The molecule has 1 aromatic rings. The topological polar surface area (TPSA) is 59.6 Å². The number of unbranched alkanes of at least 4 members (excludes halogenated alkanes) is 1. The van der Waals surface area contributed by atoms with E-state index in [1.54, 1.807) is 19.2 Å². The summed E-state index contributed by atoms with van der Waals surface area (Å²) >= 11 is 6.26. The summed E-state index contributed by atoms with van der Waals surface area (Å²) in [5, 5.41) is 6.60. The van der Waals surface area contributed by atoms with Gasteiger partial charge in [0, 0.05) is 18.2 Å². The number of nitrogens with one attached hydrogen (secondary N) is 2. The Hall–Kier alpha value is -1.17. The zero-order valence-electron chi connectivity index (χ0n) is 13.5. The minimum absolute atomic E-state index is 0. The molecule has 0 aromatic heterocycles. The highest BCUT2D eigenvalue weighted by Gasteiger charge is 2.20. The number of carbonyl (C=O) groups is 1. The number of ether oxygens (including phenoxy) is 2. The molecular formula is C16H24Cl2N2O3. The van der Waals surface area contributed by atoms with Crippen molar-refractivity contribution in [3.63, 3.8) is 0 Å². The number of carbonyl (C=O) groups excluding carboxylic acids is 1. The van der Waals surface area contributed by atoms with Crippen LogP contribution in [-0.2, 0) is 0 Å². The van der Waals surface area contributed by atoms with E-state index in [-0.39, 0.29) is 24.4 Å². The number of methoxy groups -OCH3 is 1. The van der Waals surface area contributed by atoms with Crippen LogP contribution in [0.2, 0.25) is 5.02 Å². The molecule has 0 spiro atoms. The van der Waals surface area contributed by atoms with Crippen molar-refractivity contribution in [2.24, 2.45) is 0 Å². The highest BCUT2D eigenvalue weighted by molar-refractivity contribution is 6.32. The third kappa shape index (κ3) is 5.44. The Labute approximate surface area is 148 Å². The van der Waals surface area contributed by atoms with Gasteiger partial charge in [-0.05, 0) is 31.5 Å².